The van der Waals surface area contributed by atoms with Gasteiger partial charge in [-0.1, -0.05) is 0 Å². The second-order valence-electron chi connectivity index (χ2n) is 4.08. The molecule has 5 nitrogen and oxygen atoms in total. The van der Waals surface area contributed by atoms with Gasteiger partial charge in [-0.25, -0.2) is 9.13 Å². The van der Waals surface area contributed by atoms with Crippen molar-refractivity contribution in [2.75, 3.05) is 26.3 Å². The molecule has 1 fully saturated rings. The molecule has 2 heterocycles. The molecule has 2 rings (SSSR count). The number of hydrogen-bond acceptors (Lipinski definition) is 2. The summed E-state index contributed by atoms with van der Waals surface area (Å²) in [4.78, 5) is 13.8. The van der Waals surface area contributed by atoms with E-state index in [4.69, 9.17) is 4.74 Å². The number of carbonyl (C=O) groups excluding carboxylic acids is 1. The molecule has 0 spiro atoms. The Hall–Kier alpha value is -1.07. The van der Waals surface area contributed by atoms with E-state index in [0.717, 1.165) is 5.82 Å². The van der Waals surface area contributed by atoms with E-state index in [1.807, 2.05) is 40.4 Å². The van der Waals surface area contributed by atoms with Crippen molar-refractivity contribution in [2.24, 2.45) is 7.05 Å². The predicted molar refractivity (Wildman–Crippen MR) is 57.7 cm³/mol. The Balaban J connectivity index is 0.00000144. The topological polar surface area (TPSA) is 38.4 Å². The van der Waals surface area contributed by atoms with E-state index in [9.17, 15) is 4.79 Å². The van der Waals surface area contributed by atoms with Crippen LogP contribution in [0.3, 0.4) is 0 Å². The second kappa shape index (κ2) is 6.02. The summed E-state index contributed by atoms with van der Waals surface area (Å²) in [6.45, 7) is 5.17. The number of halogens is 1. The summed E-state index contributed by atoms with van der Waals surface area (Å²) < 4.78 is 9.20. The first-order valence-electron chi connectivity index (χ1n) is 5.55. The molecular weight excluding hydrogens is 242 g/mol. The molecule has 0 unspecified atom stereocenters. The molecule has 0 radical (unpaired) electrons. The molecule has 0 saturated carbocycles. The number of aryl methyl sites for hydroxylation is 1. The van der Waals surface area contributed by atoms with Crippen molar-refractivity contribution in [3.8, 4) is 0 Å². The molecule has 1 aliphatic heterocycles. The number of morpholine rings is 1. The minimum Gasteiger partial charge on any atom is -1.00 e. The average Bonchev–Trinajstić information content (AvgIpc) is 2.62. The van der Waals surface area contributed by atoms with Gasteiger partial charge in [-0.3, -0.25) is 4.79 Å². The number of imidazole rings is 1. The van der Waals surface area contributed by atoms with Gasteiger partial charge in [0.1, 0.15) is 12.4 Å². The van der Waals surface area contributed by atoms with Crippen molar-refractivity contribution in [3.63, 3.8) is 0 Å². The number of amides is 1. The Morgan fingerprint density at radius 2 is 2.12 bits per heavy atom. The normalized spacial score (nSPS) is 15.5. The SMILES string of the molecule is Cc1n(CC(=O)N2CCOCC2)cc[n+]1C.[Cl-]. The van der Waals surface area contributed by atoms with Gasteiger partial charge in [0.05, 0.1) is 20.3 Å². The van der Waals surface area contributed by atoms with Gasteiger partial charge >= 0.3 is 0 Å². The largest absolute Gasteiger partial charge is 1.00 e. The summed E-state index contributed by atoms with van der Waals surface area (Å²) in [5, 5.41) is 0. The fraction of sp³-hybridized carbons (Fsp3) is 0.636. The fourth-order valence-corrected chi connectivity index (χ4v) is 1.82. The van der Waals surface area contributed by atoms with Crippen LogP contribution in [-0.4, -0.2) is 41.7 Å². The molecule has 0 N–H and O–H groups in total. The lowest BCUT2D eigenvalue weighted by Crippen LogP contribution is -3.00. The summed E-state index contributed by atoms with van der Waals surface area (Å²) in [5.74, 6) is 1.25. The summed E-state index contributed by atoms with van der Waals surface area (Å²) in [7, 11) is 1.98. The van der Waals surface area contributed by atoms with Gasteiger partial charge in [0.15, 0.2) is 6.54 Å². The lowest BCUT2D eigenvalue weighted by molar-refractivity contribution is -0.677. The average molecular weight is 260 g/mol. The Kier molecular flexibility index (Phi) is 4.96. The molecule has 1 aromatic heterocycles. The van der Waals surface area contributed by atoms with Crippen molar-refractivity contribution in [2.45, 2.75) is 13.5 Å². The minimum absolute atomic E-state index is 0. The summed E-state index contributed by atoms with van der Waals surface area (Å²) in [5.41, 5.74) is 0. The van der Waals surface area contributed by atoms with Gasteiger partial charge < -0.3 is 22.0 Å². The maximum absolute atomic E-state index is 12.0. The van der Waals surface area contributed by atoms with Gasteiger partial charge in [-0.2, -0.15) is 0 Å². The van der Waals surface area contributed by atoms with Gasteiger partial charge in [0.25, 0.3) is 11.7 Å². The highest BCUT2D eigenvalue weighted by atomic mass is 35.5. The van der Waals surface area contributed by atoms with Crippen molar-refractivity contribution >= 4 is 5.91 Å². The molecule has 96 valence electrons. The fourth-order valence-electron chi connectivity index (χ4n) is 1.82. The molecular formula is C11H18ClN3O2. The second-order valence-corrected chi connectivity index (χ2v) is 4.08. The number of ether oxygens (including phenoxy) is 1. The molecule has 0 aliphatic carbocycles. The van der Waals surface area contributed by atoms with Crippen LogP contribution in [0.5, 0.6) is 0 Å². The summed E-state index contributed by atoms with van der Waals surface area (Å²) >= 11 is 0. The number of aromatic nitrogens is 2. The van der Waals surface area contributed by atoms with Crippen LogP contribution in [0.15, 0.2) is 12.4 Å². The van der Waals surface area contributed by atoms with Crippen LogP contribution >= 0.6 is 0 Å². The zero-order valence-electron chi connectivity index (χ0n) is 10.2. The smallest absolute Gasteiger partial charge is 0.264 e. The van der Waals surface area contributed by atoms with Gasteiger partial charge in [0.2, 0.25) is 0 Å². The van der Waals surface area contributed by atoms with Gasteiger partial charge in [-0.05, 0) is 0 Å². The molecule has 1 aromatic rings. The van der Waals surface area contributed by atoms with Crippen LogP contribution < -0.4 is 17.0 Å². The van der Waals surface area contributed by atoms with E-state index < -0.39 is 0 Å². The van der Waals surface area contributed by atoms with E-state index in [0.29, 0.717) is 32.8 Å². The van der Waals surface area contributed by atoms with Crippen molar-refractivity contribution in [1.29, 1.82) is 0 Å². The zero-order valence-corrected chi connectivity index (χ0v) is 11.0. The predicted octanol–water partition coefficient (Wildman–Crippen LogP) is -3.52. The number of nitrogens with zero attached hydrogens (tertiary/aromatic N) is 3. The van der Waals surface area contributed by atoms with Gasteiger partial charge in [0, 0.05) is 20.0 Å². The molecule has 6 heteroatoms. The summed E-state index contributed by atoms with van der Waals surface area (Å²) in [6.07, 6.45) is 3.90. The van der Waals surface area contributed by atoms with Crippen LogP contribution in [0.2, 0.25) is 0 Å². The van der Waals surface area contributed by atoms with E-state index in [2.05, 4.69) is 0 Å². The third-order valence-corrected chi connectivity index (χ3v) is 3.07. The van der Waals surface area contributed by atoms with Gasteiger partial charge in [-0.15, -0.1) is 0 Å². The van der Waals surface area contributed by atoms with Crippen LogP contribution in [0, 0.1) is 6.92 Å². The van der Waals surface area contributed by atoms with Crippen LogP contribution in [0.25, 0.3) is 0 Å². The Morgan fingerprint density at radius 1 is 1.47 bits per heavy atom. The Bertz CT molecular complexity index is 386. The van der Waals surface area contributed by atoms with Crippen molar-refractivity contribution in [3.05, 3.63) is 18.2 Å². The van der Waals surface area contributed by atoms with E-state index in [-0.39, 0.29) is 18.3 Å². The molecule has 17 heavy (non-hydrogen) atoms. The Labute approximate surface area is 107 Å². The number of rotatable bonds is 2. The standard InChI is InChI=1S/C11H18N3O2.ClH/c1-10-12(2)3-4-14(10)9-11(15)13-5-7-16-8-6-13;/h3-4H,5-9H2,1-2H3;1H/q+1;/p-1. The molecule has 0 aromatic carbocycles. The Morgan fingerprint density at radius 3 is 2.65 bits per heavy atom. The highest BCUT2D eigenvalue weighted by Crippen LogP contribution is 2.01. The maximum atomic E-state index is 12.0. The van der Waals surface area contributed by atoms with Crippen LogP contribution in [-0.2, 0) is 23.1 Å². The first-order chi connectivity index (χ1) is 7.68. The minimum atomic E-state index is 0. The molecule has 0 atom stereocenters. The lowest BCUT2D eigenvalue weighted by Gasteiger charge is -2.26. The lowest BCUT2D eigenvalue weighted by atomic mass is 10.4. The highest BCUT2D eigenvalue weighted by Gasteiger charge is 2.20. The van der Waals surface area contributed by atoms with Crippen LogP contribution in [0.1, 0.15) is 5.82 Å². The molecule has 0 bridgehead atoms. The van der Waals surface area contributed by atoms with Crippen molar-refractivity contribution < 1.29 is 26.5 Å². The summed E-state index contributed by atoms with van der Waals surface area (Å²) in [6, 6.07) is 0. The maximum Gasteiger partial charge on any atom is 0.264 e. The first-order valence-corrected chi connectivity index (χ1v) is 5.55. The highest BCUT2D eigenvalue weighted by molar-refractivity contribution is 5.76. The third-order valence-electron chi connectivity index (χ3n) is 3.07. The molecule has 1 amide bonds. The van der Waals surface area contributed by atoms with E-state index in [1.165, 1.54) is 0 Å². The van der Waals surface area contributed by atoms with E-state index in [1.54, 1.807) is 0 Å². The quantitative estimate of drug-likeness (QED) is 0.517. The van der Waals surface area contributed by atoms with Crippen LogP contribution in [0.4, 0.5) is 0 Å². The zero-order chi connectivity index (χ0) is 11.5. The number of carbonyl (C=O) groups is 1. The van der Waals surface area contributed by atoms with Crippen molar-refractivity contribution in [1.82, 2.24) is 9.47 Å². The monoisotopic (exact) mass is 259 g/mol. The van der Waals surface area contributed by atoms with E-state index >= 15 is 0 Å². The molecule has 1 aliphatic rings. The number of hydrogen-bond donors (Lipinski definition) is 0. The first kappa shape index (κ1) is 14.0. The molecule has 1 saturated heterocycles. The third kappa shape index (κ3) is 3.20.